The number of carbonyl (C=O) groups is 2. The van der Waals surface area contributed by atoms with Crippen LogP contribution < -0.4 is 16.4 Å². The molecule has 1 aliphatic rings. The molecular weight excluding hydrogens is 737 g/mol. The molecule has 0 spiro atoms. The molecule has 7 rings (SSSR count). The van der Waals surface area contributed by atoms with Gasteiger partial charge in [0.2, 0.25) is 11.8 Å². The molecule has 0 aromatic heterocycles. The first-order valence-electron chi connectivity index (χ1n) is 20.3. The van der Waals surface area contributed by atoms with Crippen molar-refractivity contribution in [3.63, 3.8) is 0 Å². The SMILES string of the molecule is Nc1ccccc1NC(=O)CCCC(=O)NCc1ccccc1-c1ccc(C2OC(CN(Cc3ccccc3)Cc3ccccc3)CC(c3ccc(CO)cc3)O2)cc1. The molecule has 6 aromatic carbocycles. The summed E-state index contributed by atoms with van der Waals surface area (Å²) in [6, 6.07) is 52.5. The number of hydrogen-bond donors (Lipinski definition) is 4. The predicted molar refractivity (Wildman–Crippen MR) is 232 cm³/mol. The fourth-order valence-electron chi connectivity index (χ4n) is 7.48. The smallest absolute Gasteiger partial charge is 0.224 e. The zero-order chi connectivity index (χ0) is 40.8. The summed E-state index contributed by atoms with van der Waals surface area (Å²) in [5.74, 6) is -0.292. The third kappa shape index (κ3) is 11.7. The number of aliphatic hydroxyl groups excluding tert-OH is 1. The van der Waals surface area contributed by atoms with E-state index in [1.165, 1.54) is 11.1 Å². The van der Waals surface area contributed by atoms with Crippen LogP contribution in [-0.4, -0.2) is 34.5 Å². The van der Waals surface area contributed by atoms with Gasteiger partial charge in [0.15, 0.2) is 6.29 Å². The Morgan fingerprint density at radius 3 is 1.95 bits per heavy atom. The number of nitrogen functional groups attached to an aromatic ring is 1. The van der Waals surface area contributed by atoms with Crippen molar-refractivity contribution in [1.29, 1.82) is 0 Å². The van der Waals surface area contributed by atoms with Crippen LogP contribution in [0.15, 0.2) is 158 Å². The number of benzene rings is 6. The minimum atomic E-state index is -0.595. The maximum atomic E-state index is 12.8. The van der Waals surface area contributed by atoms with Crippen molar-refractivity contribution in [1.82, 2.24) is 10.2 Å². The Kier molecular flexibility index (Phi) is 14.3. The lowest BCUT2D eigenvalue weighted by Crippen LogP contribution is -2.39. The number of hydrogen-bond acceptors (Lipinski definition) is 7. The van der Waals surface area contributed by atoms with Gasteiger partial charge in [-0.05, 0) is 57.5 Å². The number of nitrogens with one attached hydrogen (secondary N) is 2. The van der Waals surface area contributed by atoms with Crippen LogP contribution >= 0.6 is 0 Å². The van der Waals surface area contributed by atoms with Crippen molar-refractivity contribution in [2.75, 3.05) is 17.6 Å². The van der Waals surface area contributed by atoms with Crippen LogP contribution in [0.5, 0.6) is 0 Å². The minimum absolute atomic E-state index is 0.0118. The number of nitrogens with zero attached hydrogens (tertiary/aromatic N) is 1. The molecule has 2 amide bonds. The molecule has 1 fully saturated rings. The number of aliphatic hydroxyl groups is 1. The number of anilines is 2. The Hall–Kier alpha value is -6.10. The molecule has 3 unspecified atom stereocenters. The average Bonchev–Trinajstić information content (AvgIpc) is 3.27. The second kappa shape index (κ2) is 20.5. The van der Waals surface area contributed by atoms with Gasteiger partial charge in [-0.1, -0.05) is 146 Å². The zero-order valence-corrected chi connectivity index (χ0v) is 33.2. The Bertz CT molecular complexity index is 2210. The highest BCUT2D eigenvalue weighted by molar-refractivity contribution is 5.94. The van der Waals surface area contributed by atoms with Crippen LogP contribution in [0, 0.1) is 0 Å². The highest BCUT2D eigenvalue weighted by Gasteiger charge is 2.33. The number of carbonyl (C=O) groups excluding carboxylic acids is 2. The predicted octanol–water partition coefficient (Wildman–Crippen LogP) is 9.10. The van der Waals surface area contributed by atoms with Crippen molar-refractivity contribution in [2.24, 2.45) is 0 Å². The van der Waals surface area contributed by atoms with E-state index < -0.39 is 6.29 Å². The first-order chi connectivity index (χ1) is 28.9. The van der Waals surface area contributed by atoms with Gasteiger partial charge in [-0.3, -0.25) is 14.5 Å². The van der Waals surface area contributed by atoms with Crippen LogP contribution in [0.2, 0.25) is 0 Å². The highest BCUT2D eigenvalue weighted by atomic mass is 16.7. The second-order valence-corrected chi connectivity index (χ2v) is 15.0. The monoisotopic (exact) mass is 788 g/mol. The molecule has 1 saturated heterocycles. The van der Waals surface area contributed by atoms with Gasteiger partial charge in [-0.15, -0.1) is 0 Å². The van der Waals surface area contributed by atoms with E-state index in [4.69, 9.17) is 15.2 Å². The van der Waals surface area contributed by atoms with E-state index in [1.54, 1.807) is 12.1 Å². The van der Waals surface area contributed by atoms with Gasteiger partial charge in [-0.2, -0.15) is 0 Å². The Morgan fingerprint density at radius 2 is 1.27 bits per heavy atom. The molecule has 0 aliphatic carbocycles. The minimum Gasteiger partial charge on any atom is -0.397 e. The third-order valence-electron chi connectivity index (χ3n) is 10.6. The van der Waals surface area contributed by atoms with Crippen molar-refractivity contribution in [3.8, 4) is 11.1 Å². The largest absolute Gasteiger partial charge is 0.397 e. The summed E-state index contributed by atoms with van der Waals surface area (Å²) >= 11 is 0. The molecule has 0 radical (unpaired) electrons. The van der Waals surface area contributed by atoms with Gasteiger partial charge >= 0.3 is 0 Å². The average molecular weight is 789 g/mol. The van der Waals surface area contributed by atoms with Gasteiger partial charge < -0.3 is 30.9 Å². The van der Waals surface area contributed by atoms with Gasteiger partial charge in [0.1, 0.15) is 0 Å². The summed E-state index contributed by atoms with van der Waals surface area (Å²) in [5, 5.41) is 15.5. The number of rotatable bonds is 17. The van der Waals surface area contributed by atoms with Crippen LogP contribution in [0.1, 0.15) is 71.5 Å². The first-order valence-corrected chi connectivity index (χ1v) is 20.3. The summed E-state index contributed by atoms with van der Waals surface area (Å²) in [6.45, 7) is 2.63. The zero-order valence-electron chi connectivity index (χ0n) is 33.2. The Balaban J connectivity index is 1.02. The van der Waals surface area contributed by atoms with E-state index in [9.17, 15) is 14.7 Å². The fourth-order valence-corrected chi connectivity index (χ4v) is 7.48. The maximum absolute atomic E-state index is 12.8. The number of para-hydroxylation sites is 2. The van der Waals surface area contributed by atoms with Crippen LogP contribution in [0.25, 0.3) is 11.1 Å². The van der Waals surface area contributed by atoms with E-state index >= 15 is 0 Å². The first kappa shape index (κ1) is 41.1. The summed E-state index contributed by atoms with van der Waals surface area (Å²) < 4.78 is 13.5. The molecule has 5 N–H and O–H groups in total. The molecule has 9 heteroatoms. The fraction of sp³-hybridized carbons (Fsp3) is 0.240. The molecule has 9 nitrogen and oxygen atoms in total. The number of nitrogens with two attached hydrogens (primary N) is 1. The molecule has 3 atom stereocenters. The van der Waals surface area contributed by atoms with E-state index in [0.29, 0.717) is 37.3 Å². The third-order valence-corrected chi connectivity index (χ3v) is 10.6. The lowest BCUT2D eigenvalue weighted by molar-refractivity contribution is -0.253. The van der Waals surface area contributed by atoms with Crippen molar-refractivity contribution in [2.45, 2.75) is 70.4 Å². The van der Waals surface area contributed by atoms with Gasteiger partial charge in [0, 0.05) is 51.0 Å². The number of amides is 2. The molecular formula is C50H52N4O5. The van der Waals surface area contributed by atoms with Crippen LogP contribution in [0.4, 0.5) is 11.4 Å². The molecule has 6 aromatic rings. The maximum Gasteiger partial charge on any atom is 0.224 e. The van der Waals surface area contributed by atoms with Crippen LogP contribution in [0.3, 0.4) is 0 Å². The number of ether oxygens (including phenoxy) is 2. The van der Waals surface area contributed by atoms with Crippen molar-refractivity contribution in [3.05, 3.63) is 191 Å². The lowest BCUT2D eigenvalue weighted by atomic mass is 9.97. The summed E-state index contributed by atoms with van der Waals surface area (Å²) in [7, 11) is 0. The van der Waals surface area contributed by atoms with E-state index in [-0.39, 0.29) is 43.5 Å². The highest BCUT2D eigenvalue weighted by Crippen LogP contribution is 2.39. The molecule has 1 aliphatic heterocycles. The van der Waals surface area contributed by atoms with E-state index in [2.05, 4.69) is 94.4 Å². The molecule has 0 saturated carbocycles. The summed E-state index contributed by atoms with van der Waals surface area (Å²) in [6.07, 6.45) is 0.639. The Morgan fingerprint density at radius 1 is 0.661 bits per heavy atom. The van der Waals surface area contributed by atoms with Crippen LogP contribution in [-0.2, 0) is 45.3 Å². The summed E-state index contributed by atoms with van der Waals surface area (Å²) in [5.41, 5.74) is 15.3. The van der Waals surface area contributed by atoms with Gasteiger partial charge in [-0.25, -0.2) is 0 Å². The van der Waals surface area contributed by atoms with Crippen molar-refractivity contribution >= 4 is 23.2 Å². The molecule has 59 heavy (non-hydrogen) atoms. The second-order valence-electron chi connectivity index (χ2n) is 15.0. The standard InChI is InChI=1S/C50H52N4O5/c51-45-18-9-10-19-46(45)53-49(57)21-11-20-48(56)52-31-42-16-7-8-17-44(42)39-26-28-41(29-27-39)50-58-43(30-47(59-50)40-24-22-38(35-55)23-25-40)34-54(32-36-12-3-1-4-13-36)33-37-14-5-2-6-15-37/h1-10,12-19,22-29,43,47,50,55H,11,20-21,30-35,51H2,(H,52,56)(H,53,57). The lowest BCUT2D eigenvalue weighted by Gasteiger charge is -2.38. The molecule has 1 heterocycles. The molecule has 0 bridgehead atoms. The van der Waals surface area contributed by atoms with E-state index in [1.807, 2.05) is 66.7 Å². The van der Waals surface area contributed by atoms with E-state index in [0.717, 1.165) is 46.5 Å². The quantitative estimate of drug-likeness (QED) is 0.0680. The molecule has 302 valence electrons. The van der Waals surface area contributed by atoms with Gasteiger partial charge in [0.25, 0.3) is 0 Å². The Labute approximate surface area is 346 Å². The summed E-state index contributed by atoms with van der Waals surface area (Å²) in [4.78, 5) is 27.7. The van der Waals surface area contributed by atoms with Crippen molar-refractivity contribution < 1.29 is 24.2 Å². The van der Waals surface area contributed by atoms with Gasteiger partial charge in [0.05, 0.1) is 30.2 Å². The topological polar surface area (TPSA) is 126 Å². The normalized spacial score (nSPS) is 16.4.